The number of likely N-dealkylation sites (tertiary alicyclic amines) is 2. The van der Waals surface area contributed by atoms with Gasteiger partial charge in [0.2, 0.25) is 11.8 Å². The summed E-state index contributed by atoms with van der Waals surface area (Å²) in [5.41, 5.74) is -4.78. The third-order valence-corrected chi connectivity index (χ3v) is 11.0. The van der Waals surface area contributed by atoms with Gasteiger partial charge in [-0.25, -0.2) is 0 Å². The van der Waals surface area contributed by atoms with Crippen LogP contribution >= 0.6 is 18.9 Å². The van der Waals surface area contributed by atoms with E-state index >= 15 is 0 Å². The van der Waals surface area contributed by atoms with Crippen molar-refractivity contribution in [2.24, 2.45) is 5.41 Å². The second-order valence-electron chi connectivity index (χ2n) is 13.3. The lowest BCUT2D eigenvalue weighted by Crippen LogP contribution is -2.59. The summed E-state index contributed by atoms with van der Waals surface area (Å²) in [5.74, 6) is -0.757. The van der Waals surface area contributed by atoms with Gasteiger partial charge in [-0.15, -0.1) is 11.3 Å². The summed E-state index contributed by atoms with van der Waals surface area (Å²) >= 11 is 1.02. The van der Waals surface area contributed by atoms with Gasteiger partial charge in [-0.3, -0.25) is 18.9 Å². The second-order valence-corrected chi connectivity index (χ2v) is 16.0. The molecule has 2 aromatic carbocycles. The van der Waals surface area contributed by atoms with E-state index in [0.29, 0.717) is 30.8 Å². The highest BCUT2D eigenvalue weighted by molar-refractivity contribution is 7.52. The number of benzene rings is 2. The van der Waals surface area contributed by atoms with Crippen molar-refractivity contribution in [3.05, 3.63) is 70.6 Å². The number of nitrogens with zero attached hydrogens (tertiary/aromatic N) is 2. The van der Waals surface area contributed by atoms with Crippen molar-refractivity contribution in [2.45, 2.75) is 76.5 Å². The summed E-state index contributed by atoms with van der Waals surface area (Å²) in [6.07, 6.45) is 3.83. The molecule has 0 aliphatic carbocycles. The van der Waals surface area contributed by atoms with E-state index in [4.69, 9.17) is 9.79 Å². The Bertz CT molecular complexity index is 1650. The fourth-order valence-corrected chi connectivity index (χ4v) is 7.75. The number of amides is 3. The van der Waals surface area contributed by atoms with Crippen LogP contribution in [0.3, 0.4) is 0 Å². The molecule has 1 aromatic heterocycles. The topological polar surface area (TPSA) is 127 Å². The summed E-state index contributed by atoms with van der Waals surface area (Å²) < 4.78 is 40.5. The minimum absolute atomic E-state index is 0.0694. The highest BCUT2D eigenvalue weighted by atomic mass is 32.1. The second kappa shape index (κ2) is 13.1. The molecular formula is C33H40F2N3O6PS. The van der Waals surface area contributed by atoms with Gasteiger partial charge >= 0.3 is 13.3 Å². The number of rotatable bonds is 7. The summed E-state index contributed by atoms with van der Waals surface area (Å²) in [6, 6.07) is 13.0. The molecule has 13 heteroatoms. The van der Waals surface area contributed by atoms with Crippen LogP contribution in [-0.4, -0.2) is 69.0 Å². The van der Waals surface area contributed by atoms with E-state index in [1.54, 1.807) is 4.90 Å². The fourth-order valence-electron chi connectivity index (χ4n) is 6.32. The summed E-state index contributed by atoms with van der Waals surface area (Å²) in [6.45, 7) is 7.09. The number of fused-ring (bicyclic) bond motifs is 1. The highest BCUT2D eigenvalue weighted by Crippen LogP contribution is 2.59. The number of alkyl halides is 2. The Labute approximate surface area is 271 Å². The predicted octanol–water partition coefficient (Wildman–Crippen LogP) is 6.06. The Morgan fingerprint density at radius 1 is 0.978 bits per heavy atom. The zero-order chi connectivity index (χ0) is 33.4. The molecule has 3 atom stereocenters. The Kier molecular flexibility index (Phi) is 9.76. The molecule has 3 heterocycles. The molecule has 2 aliphatic rings. The molecule has 3 aromatic rings. The zero-order valence-electron chi connectivity index (χ0n) is 26.1. The standard InChI is InChI=1S/C33H40F2N3O6PS/c1-32(2,3)28(36-29(39)27-19-23-18-24(13-14-26(23)46-27)33(34,35)45(42,43)44)31(41)38-16-9-5-8-12-25(38)30(40)37-17-15-22(20-37)21-10-6-4-7-11-21/h4,6-7,10-11,13-14,18-19,22,25,28H,5,8-9,12,15-17,20H2,1-3H3,(H,36,39)(H2,42,43,44). The first kappa shape index (κ1) is 34.2. The van der Waals surface area contributed by atoms with Gasteiger partial charge in [0.25, 0.3) is 5.91 Å². The molecule has 46 heavy (non-hydrogen) atoms. The molecule has 0 bridgehead atoms. The van der Waals surface area contributed by atoms with E-state index in [0.717, 1.165) is 49.2 Å². The minimum atomic E-state index is -5.76. The zero-order valence-corrected chi connectivity index (χ0v) is 27.8. The summed E-state index contributed by atoms with van der Waals surface area (Å²) in [4.78, 5) is 63.7. The maximum atomic E-state index is 14.3. The van der Waals surface area contributed by atoms with Gasteiger partial charge in [0.15, 0.2) is 0 Å². The predicted molar refractivity (Wildman–Crippen MR) is 173 cm³/mol. The average molecular weight is 676 g/mol. The van der Waals surface area contributed by atoms with Crippen molar-refractivity contribution in [1.29, 1.82) is 0 Å². The molecular weight excluding hydrogens is 635 g/mol. The van der Waals surface area contributed by atoms with Crippen molar-refractivity contribution in [1.82, 2.24) is 15.1 Å². The molecule has 9 nitrogen and oxygen atoms in total. The van der Waals surface area contributed by atoms with Gasteiger partial charge in [0.05, 0.1) is 4.88 Å². The van der Waals surface area contributed by atoms with Crippen LogP contribution in [-0.2, 0) is 19.8 Å². The van der Waals surface area contributed by atoms with Gasteiger partial charge in [0.1, 0.15) is 12.1 Å². The number of carbonyl (C=O) groups is 3. The van der Waals surface area contributed by atoms with Crippen molar-refractivity contribution < 1.29 is 37.5 Å². The van der Waals surface area contributed by atoms with Crippen molar-refractivity contribution >= 4 is 46.7 Å². The van der Waals surface area contributed by atoms with E-state index in [-0.39, 0.29) is 28.0 Å². The fraction of sp³-hybridized carbons (Fsp3) is 0.485. The Hall–Kier alpha value is -3.18. The van der Waals surface area contributed by atoms with Crippen molar-refractivity contribution in [3.8, 4) is 0 Å². The molecule has 0 radical (unpaired) electrons. The van der Waals surface area contributed by atoms with Crippen molar-refractivity contribution in [2.75, 3.05) is 19.6 Å². The van der Waals surface area contributed by atoms with Crippen LogP contribution in [0.1, 0.15) is 79.6 Å². The molecule has 2 fully saturated rings. The number of thiophene rings is 1. The number of hydrogen-bond acceptors (Lipinski definition) is 5. The normalized spacial score (nSPS) is 20.4. The summed E-state index contributed by atoms with van der Waals surface area (Å²) in [7, 11) is -5.76. The van der Waals surface area contributed by atoms with E-state index in [9.17, 15) is 27.7 Å². The number of carbonyl (C=O) groups excluding carboxylic acids is 3. The lowest BCUT2D eigenvalue weighted by molar-refractivity contribution is -0.147. The van der Waals surface area contributed by atoms with Gasteiger partial charge in [-0.2, -0.15) is 8.78 Å². The van der Waals surface area contributed by atoms with Crippen LogP contribution in [0.2, 0.25) is 0 Å². The average Bonchev–Trinajstić information content (AvgIpc) is 3.59. The Morgan fingerprint density at radius 2 is 1.70 bits per heavy atom. The maximum Gasteiger partial charge on any atom is 0.399 e. The Balaban J connectivity index is 1.36. The third kappa shape index (κ3) is 7.05. The van der Waals surface area contributed by atoms with Crippen LogP contribution in [0.25, 0.3) is 10.1 Å². The van der Waals surface area contributed by atoms with Crippen molar-refractivity contribution in [3.63, 3.8) is 0 Å². The van der Waals surface area contributed by atoms with Crippen LogP contribution in [0.4, 0.5) is 8.78 Å². The van der Waals surface area contributed by atoms with Crippen LogP contribution in [0.15, 0.2) is 54.6 Å². The number of nitrogens with one attached hydrogen (secondary N) is 1. The molecule has 0 spiro atoms. The van der Waals surface area contributed by atoms with Gasteiger partial charge < -0.3 is 24.9 Å². The van der Waals surface area contributed by atoms with Gasteiger partial charge in [-0.05, 0) is 53.8 Å². The molecule has 2 saturated heterocycles. The first-order chi connectivity index (χ1) is 21.6. The SMILES string of the molecule is CC(C)(C)C(NC(=O)c1cc2cc(C(F)(F)P(=O)(O)O)ccc2s1)C(=O)N1CCCCCC1C(=O)N1CCC(c2ccccc2)C1. The first-order valence-electron chi connectivity index (χ1n) is 15.5. The molecule has 3 unspecified atom stereocenters. The summed E-state index contributed by atoms with van der Waals surface area (Å²) in [5, 5.41) is 3.08. The van der Waals surface area contributed by atoms with E-state index < -0.39 is 42.2 Å². The largest absolute Gasteiger partial charge is 0.399 e. The quantitative estimate of drug-likeness (QED) is 0.262. The molecule has 5 rings (SSSR count). The molecule has 0 saturated carbocycles. The van der Waals surface area contributed by atoms with Gasteiger partial charge in [-0.1, -0.05) is 70.0 Å². The minimum Gasteiger partial charge on any atom is -0.340 e. The lowest BCUT2D eigenvalue weighted by Gasteiger charge is -2.38. The monoisotopic (exact) mass is 675 g/mol. The molecule has 3 N–H and O–H groups in total. The molecule has 3 amide bonds. The van der Waals surface area contributed by atoms with Crippen LogP contribution in [0, 0.1) is 5.41 Å². The third-order valence-electron chi connectivity index (χ3n) is 8.93. The smallest absolute Gasteiger partial charge is 0.340 e. The molecule has 2 aliphatic heterocycles. The van der Waals surface area contributed by atoms with E-state index in [1.165, 1.54) is 17.7 Å². The highest BCUT2D eigenvalue weighted by Gasteiger charge is 2.50. The Morgan fingerprint density at radius 3 is 2.37 bits per heavy atom. The van der Waals surface area contributed by atoms with Gasteiger partial charge in [0, 0.05) is 35.8 Å². The first-order valence-corrected chi connectivity index (χ1v) is 17.9. The van der Waals surface area contributed by atoms with E-state index in [1.807, 2.05) is 43.9 Å². The number of hydrogen-bond donors (Lipinski definition) is 3. The molecule has 248 valence electrons. The van der Waals surface area contributed by atoms with Crippen LogP contribution < -0.4 is 5.32 Å². The maximum absolute atomic E-state index is 14.3. The lowest BCUT2D eigenvalue weighted by atomic mass is 9.85. The van der Waals surface area contributed by atoms with Crippen LogP contribution in [0.5, 0.6) is 0 Å². The van der Waals surface area contributed by atoms with E-state index in [2.05, 4.69) is 17.4 Å². The number of halogens is 2.